The SMILES string of the molecule is COc1ccc([C@H](C)NC(=O)c2cc(OC)c(OC)cc2N(Cc2ccccc2)S(C)(=O)=O)cc1. The molecule has 3 aromatic rings. The van der Waals surface area contributed by atoms with Crippen molar-refractivity contribution in [2.45, 2.75) is 19.5 Å². The molecule has 0 aliphatic rings. The maximum absolute atomic E-state index is 13.5. The summed E-state index contributed by atoms with van der Waals surface area (Å²) in [6.07, 6.45) is 1.11. The number of nitrogens with zero attached hydrogens (tertiary/aromatic N) is 1. The number of nitrogens with one attached hydrogen (secondary N) is 1. The zero-order valence-electron chi connectivity index (χ0n) is 20.4. The predicted octanol–water partition coefficient (Wildman–Crippen LogP) is 4.17. The third-order valence-electron chi connectivity index (χ3n) is 5.55. The number of hydrogen-bond acceptors (Lipinski definition) is 6. The molecule has 0 heterocycles. The average Bonchev–Trinajstić information content (AvgIpc) is 2.86. The van der Waals surface area contributed by atoms with Crippen LogP contribution in [0.5, 0.6) is 17.2 Å². The Kier molecular flexibility index (Phi) is 8.24. The first-order valence-electron chi connectivity index (χ1n) is 10.9. The lowest BCUT2D eigenvalue weighted by Crippen LogP contribution is -2.33. The van der Waals surface area contributed by atoms with Crippen LogP contribution in [0.25, 0.3) is 0 Å². The van der Waals surface area contributed by atoms with Gasteiger partial charge in [0.2, 0.25) is 10.0 Å². The predicted molar refractivity (Wildman–Crippen MR) is 136 cm³/mol. The molecule has 8 nitrogen and oxygen atoms in total. The molecule has 0 saturated heterocycles. The third-order valence-corrected chi connectivity index (χ3v) is 6.67. The third kappa shape index (κ3) is 6.24. The van der Waals surface area contributed by atoms with E-state index in [1.807, 2.05) is 61.5 Å². The summed E-state index contributed by atoms with van der Waals surface area (Å²) in [6.45, 7) is 1.89. The normalized spacial score (nSPS) is 11.9. The van der Waals surface area contributed by atoms with Crippen LogP contribution in [-0.4, -0.2) is 41.9 Å². The maximum Gasteiger partial charge on any atom is 0.254 e. The highest BCUT2D eigenvalue weighted by molar-refractivity contribution is 7.92. The van der Waals surface area contributed by atoms with Gasteiger partial charge in [0.05, 0.1) is 51.4 Å². The second-order valence-electron chi connectivity index (χ2n) is 7.95. The molecule has 3 aromatic carbocycles. The first kappa shape index (κ1) is 25.9. The van der Waals surface area contributed by atoms with Crippen molar-refractivity contribution < 1.29 is 27.4 Å². The summed E-state index contributed by atoms with van der Waals surface area (Å²) in [7, 11) is 0.732. The monoisotopic (exact) mass is 498 g/mol. The Labute approximate surface area is 206 Å². The summed E-state index contributed by atoms with van der Waals surface area (Å²) in [6, 6.07) is 19.1. The number of rotatable bonds is 10. The van der Waals surface area contributed by atoms with Gasteiger partial charge < -0.3 is 19.5 Å². The lowest BCUT2D eigenvalue weighted by molar-refractivity contribution is 0.0940. The van der Waals surface area contributed by atoms with E-state index in [1.165, 1.54) is 30.7 Å². The van der Waals surface area contributed by atoms with Crippen LogP contribution in [0.2, 0.25) is 0 Å². The lowest BCUT2D eigenvalue weighted by Gasteiger charge is -2.26. The summed E-state index contributed by atoms with van der Waals surface area (Å²) in [5, 5.41) is 2.95. The van der Waals surface area contributed by atoms with Crippen LogP contribution in [0.4, 0.5) is 5.69 Å². The first-order chi connectivity index (χ1) is 16.7. The molecule has 0 unspecified atom stereocenters. The minimum absolute atomic E-state index is 0.0451. The van der Waals surface area contributed by atoms with Gasteiger partial charge in [0, 0.05) is 6.07 Å². The van der Waals surface area contributed by atoms with Crippen LogP contribution in [-0.2, 0) is 16.6 Å². The van der Waals surface area contributed by atoms with Crippen molar-refractivity contribution in [3.63, 3.8) is 0 Å². The van der Waals surface area contributed by atoms with E-state index in [4.69, 9.17) is 14.2 Å². The fourth-order valence-corrected chi connectivity index (χ4v) is 4.53. The van der Waals surface area contributed by atoms with Crippen LogP contribution in [0.3, 0.4) is 0 Å². The van der Waals surface area contributed by atoms with Gasteiger partial charge in [-0.15, -0.1) is 0 Å². The van der Waals surface area contributed by atoms with Gasteiger partial charge in [0.25, 0.3) is 5.91 Å². The van der Waals surface area contributed by atoms with Gasteiger partial charge in [-0.3, -0.25) is 9.10 Å². The van der Waals surface area contributed by atoms with Crippen molar-refractivity contribution >= 4 is 21.6 Å². The van der Waals surface area contributed by atoms with Crippen LogP contribution in [0, 0.1) is 0 Å². The van der Waals surface area contributed by atoms with Crippen molar-refractivity contribution in [2.75, 3.05) is 31.9 Å². The van der Waals surface area contributed by atoms with Gasteiger partial charge in [0.15, 0.2) is 11.5 Å². The number of methoxy groups -OCH3 is 3. The number of carbonyl (C=O) groups is 1. The number of ether oxygens (including phenoxy) is 3. The minimum Gasteiger partial charge on any atom is -0.497 e. The van der Waals surface area contributed by atoms with E-state index >= 15 is 0 Å². The molecule has 1 N–H and O–H groups in total. The summed E-state index contributed by atoms with van der Waals surface area (Å²) in [5.41, 5.74) is 1.97. The van der Waals surface area contributed by atoms with Gasteiger partial charge in [-0.05, 0) is 36.2 Å². The topological polar surface area (TPSA) is 94.2 Å². The van der Waals surface area contributed by atoms with Gasteiger partial charge in [-0.2, -0.15) is 0 Å². The molecule has 1 amide bonds. The largest absolute Gasteiger partial charge is 0.497 e. The fourth-order valence-electron chi connectivity index (χ4n) is 3.64. The lowest BCUT2D eigenvalue weighted by atomic mass is 10.1. The molecule has 0 aliphatic carbocycles. The summed E-state index contributed by atoms with van der Waals surface area (Å²) < 4.78 is 42.9. The molecule has 3 rings (SSSR count). The van der Waals surface area contributed by atoms with E-state index in [2.05, 4.69) is 5.32 Å². The molecule has 186 valence electrons. The molecule has 0 aliphatic heterocycles. The van der Waals surface area contributed by atoms with E-state index < -0.39 is 15.9 Å². The van der Waals surface area contributed by atoms with Crippen LogP contribution in [0.1, 0.15) is 34.5 Å². The Morgan fingerprint density at radius 2 is 1.51 bits per heavy atom. The molecule has 0 aromatic heterocycles. The fraction of sp³-hybridized carbons (Fsp3) is 0.269. The maximum atomic E-state index is 13.5. The number of anilines is 1. The summed E-state index contributed by atoms with van der Waals surface area (Å²) >= 11 is 0. The number of carbonyl (C=O) groups excluding carboxylic acids is 1. The van der Waals surface area contributed by atoms with Gasteiger partial charge in [-0.25, -0.2) is 8.42 Å². The molecule has 0 fully saturated rings. The van der Waals surface area contributed by atoms with Crippen molar-refractivity contribution in [3.05, 3.63) is 83.4 Å². The second-order valence-corrected chi connectivity index (χ2v) is 9.85. The molecule has 0 radical (unpaired) electrons. The quantitative estimate of drug-likeness (QED) is 0.451. The van der Waals surface area contributed by atoms with Crippen LogP contribution < -0.4 is 23.8 Å². The number of benzene rings is 3. The highest BCUT2D eigenvalue weighted by atomic mass is 32.2. The van der Waals surface area contributed by atoms with Gasteiger partial charge in [0.1, 0.15) is 5.75 Å². The molecule has 0 spiro atoms. The van der Waals surface area contributed by atoms with Crippen molar-refractivity contribution in [1.82, 2.24) is 5.32 Å². The van der Waals surface area contributed by atoms with Crippen molar-refractivity contribution in [1.29, 1.82) is 0 Å². The van der Waals surface area contributed by atoms with Gasteiger partial charge >= 0.3 is 0 Å². The van der Waals surface area contributed by atoms with E-state index in [0.29, 0.717) is 17.2 Å². The molecule has 0 bridgehead atoms. The minimum atomic E-state index is -3.76. The molecule has 9 heteroatoms. The van der Waals surface area contributed by atoms with E-state index in [0.717, 1.165) is 17.4 Å². The molecule has 35 heavy (non-hydrogen) atoms. The average molecular weight is 499 g/mol. The number of hydrogen-bond donors (Lipinski definition) is 1. The Morgan fingerprint density at radius 3 is 2.06 bits per heavy atom. The first-order valence-corrected chi connectivity index (χ1v) is 12.7. The Bertz CT molecular complexity index is 1260. The second kappa shape index (κ2) is 11.1. The molecular formula is C26H30N2O6S. The van der Waals surface area contributed by atoms with E-state index in [-0.39, 0.29) is 23.8 Å². The zero-order chi connectivity index (χ0) is 25.6. The smallest absolute Gasteiger partial charge is 0.254 e. The Balaban J connectivity index is 2.05. The number of sulfonamides is 1. The highest BCUT2D eigenvalue weighted by Gasteiger charge is 2.27. The summed E-state index contributed by atoms with van der Waals surface area (Å²) in [5.74, 6) is 0.876. The highest BCUT2D eigenvalue weighted by Crippen LogP contribution is 2.37. The number of amides is 1. The van der Waals surface area contributed by atoms with Crippen molar-refractivity contribution in [2.24, 2.45) is 0 Å². The Hall–Kier alpha value is -3.72. The molecular weight excluding hydrogens is 468 g/mol. The van der Waals surface area contributed by atoms with Gasteiger partial charge in [-0.1, -0.05) is 42.5 Å². The summed E-state index contributed by atoms with van der Waals surface area (Å²) in [4.78, 5) is 13.5. The Morgan fingerprint density at radius 1 is 0.914 bits per heavy atom. The molecule has 1 atom stereocenters. The van der Waals surface area contributed by atoms with E-state index in [1.54, 1.807) is 7.11 Å². The van der Waals surface area contributed by atoms with Crippen molar-refractivity contribution in [3.8, 4) is 17.2 Å². The van der Waals surface area contributed by atoms with Crippen LogP contribution >= 0.6 is 0 Å². The zero-order valence-corrected chi connectivity index (χ0v) is 21.3. The standard InChI is InChI=1S/C26H30N2O6S/c1-18(20-11-13-21(32-2)14-12-20)27-26(29)22-15-24(33-3)25(34-4)16-23(22)28(35(5,30)31)17-19-9-7-6-8-10-19/h6-16,18H,17H2,1-5H3,(H,27,29)/t18-/m0/s1. The van der Waals surface area contributed by atoms with E-state index in [9.17, 15) is 13.2 Å². The molecule has 0 saturated carbocycles. The van der Waals surface area contributed by atoms with Crippen LogP contribution in [0.15, 0.2) is 66.7 Å².